The first-order valence-corrected chi connectivity index (χ1v) is 8.01. The Morgan fingerprint density at radius 3 is 2.57 bits per heavy atom. The molecule has 0 aliphatic heterocycles. The van der Waals surface area contributed by atoms with Crippen molar-refractivity contribution in [2.24, 2.45) is 5.10 Å². The summed E-state index contributed by atoms with van der Waals surface area (Å²) >= 11 is 7.36. The Balaban J connectivity index is 1.65. The highest BCUT2D eigenvalue weighted by atomic mass is 35.5. The lowest BCUT2D eigenvalue weighted by Gasteiger charge is -1.97. The molecular formula is C17H11ClN4S. The Labute approximate surface area is 142 Å². The minimum Gasteiger partial charge on any atom is -0.253 e. The average Bonchev–Trinajstić information content (AvgIpc) is 3.05. The first-order valence-electron chi connectivity index (χ1n) is 6.75. The van der Waals surface area contributed by atoms with Gasteiger partial charge in [-0.05, 0) is 29.8 Å². The topological polar surface area (TPSA) is 61.1 Å². The van der Waals surface area contributed by atoms with Crippen LogP contribution in [0.15, 0.2) is 59.0 Å². The van der Waals surface area contributed by atoms with E-state index in [1.54, 1.807) is 18.3 Å². The van der Waals surface area contributed by atoms with Gasteiger partial charge in [-0.15, -0.1) is 11.3 Å². The molecule has 0 fully saturated rings. The highest BCUT2D eigenvalue weighted by Crippen LogP contribution is 2.25. The van der Waals surface area contributed by atoms with E-state index in [0.717, 1.165) is 16.8 Å². The molecule has 0 saturated carbocycles. The zero-order chi connectivity index (χ0) is 16.1. The summed E-state index contributed by atoms with van der Waals surface area (Å²) in [6.07, 6.45) is 1.69. The molecule has 0 bridgehead atoms. The lowest BCUT2D eigenvalue weighted by molar-refractivity contribution is 1.29. The van der Waals surface area contributed by atoms with Gasteiger partial charge in [-0.25, -0.2) is 4.98 Å². The van der Waals surface area contributed by atoms with E-state index in [-0.39, 0.29) is 0 Å². The van der Waals surface area contributed by atoms with Crippen LogP contribution in [0.5, 0.6) is 0 Å². The van der Waals surface area contributed by atoms with Crippen LogP contribution >= 0.6 is 22.9 Å². The van der Waals surface area contributed by atoms with E-state index < -0.39 is 0 Å². The van der Waals surface area contributed by atoms with E-state index in [2.05, 4.69) is 21.6 Å². The SMILES string of the molecule is N#Cc1ccc(/C=N/Nc2nc(-c3ccc(Cl)cc3)cs2)cc1. The molecule has 0 radical (unpaired) electrons. The maximum atomic E-state index is 8.75. The van der Waals surface area contributed by atoms with E-state index in [1.807, 2.05) is 41.8 Å². The van der Waals surface area contributed by atoms with Crippen molar-refractivity contribution in [3.63, 3.8) is 0 Å². The minimum absolute atomic E-state index is 0.627. The van der Waals surface area contributed by atoms with E-state index in [9.17, 15) is 0 Å². The molecular weight excluding hydrogens is 328 g/mol. The molecule has 3 aromatic rings. The fraction of sp³-hybridized carbons (Fsp3) is 0. The number of hydrazone groups is 1. The lowest BCUT2D eigenvalue weighted by Crippen LogP contribution is -1.90. The Hall–Kier alpha value is -2.68. The molecule has 112 valence electrons. The number of nitrogens with zero attached hydrogens (tertiary/aromatic N) is 3. The quantitative estimate of drug-likeness (QED) is 0.550. The van der Waals surface area contributed by atoms with Gasteiger partial charge in [0, 0.05) is 16.0 Å². The van der Waals surface area contributed by atoms with Crippen LogP contribution < -0.4 is 5.43 Å². The Kier molecular flexibility index (Phi) is 4.67. The van der Waals surface area contributed by atoms with Crippen molar-refractivity contribution in [1.29, 1.82) is 5.26 Å². The highest BCUT2D eigenvalue weighted by molar-refractivity contribution is 7.14. The molecule has 1 aromatic heterocycles. The highest BCUT2D eigenvalue weighted by Gasteiger charge is 2.03. The number of rotatable bonds is 4. The van der Waals surface area contributed by atoms with Crippen LogP contribution in [0.1, 0.15) is 11.1 Å². The van der Waals surface area contributed by atoms with Crippen LogP contribution in [0, 0.1) is 11.3 Å². The summed E-state index contributed by atoms with van der Waals surface area (Å²) in [4.78, 5) is 4.48. The number of aromatic nitrogens is 1. The molecule has 2 aromatic carbocycles. The van der Waals surface area contributed by atoms with Gasteiger partial charge in [-0.3, -0.25) is 5.43 Å². The van der Waals surface area contributed by atoms with Gasteiger partial charge in [0.15, 0.2) is 0 Å². The monoisotopic (exact) mass is 338 g/mol. The third kappa shape index (κ3) is 3.95. The van der Waals surface area contributed by atoms with Crippen LogP contribution in [0.2, 0.25) is 5.02 Å². The molecule has 0 aliphatic carbocycles. The largest absolute Gasteiger partial charge is 0.253 e. The van der Waals surface area contributed by atoms with Crippen LogP contribution in [0.4, 0.5) is 5.13 Å². The molecule has 1 heterocycles. The normalized spacial score (nSPS) is 10.6. The van der Waals surface area contributed by atoms with Crippen molar-refractivity contribution < 1.29 is 0 Å². The van der Waals surface area contributed by atoms with Gasteiger partial charge in [0.05, 0.1) is 23.5 Å². The average molecular weight is 339 g/mol. The molecule has 3 rings (SSSR count). The van der Waals surface area contributed by atoms with E-state index in [0.29, 0.717) is 15.7 Å². The number of nitriles is 1. The molecule has 0 aliphatic rings. The number of thiazole rings is 1. The summed E-state index contributed by atoms with van der Waals surface area (Å²) in [6.45, 7) is 0. The number of nitrogens with one attached hydrogen (secondary N) is 1. The van der Waals surface area contributed by atoms with Gasteiger partial charge in [-0.1, -0.05) is 35.9 Å². The number of halogens is 1. The van der Waals surface area contributed by atoms with Crippen molar-refractivity contribution in [1.82, 2.24) is 4.98 Å². The number of benzene rings is 2. The smallest absolute Gasteiger partial charge is 0.203 e. The van der Waals surface area contributed by atoms with Crippen molar-refractivity contribution in [2.45, 2.75) is 0 Å². The molecule has 0 spiro atoms. The second-order valence-corrected chi connectivity index (χ2v) is 5.94. The fourth-order valence-corrected chi connectivity index (χ4v) is 2.68. The second-order valence-electron chi connectivity index (χ2n) is 4.65. The van der Waals surface area contributed by atoms with Gasteiger partial charge >= 0.3 is 0 Å². The molecule has 1 N–H and O–H groups in total. The Bertz CT molecular complexity index is 861. The molecule has 4 nitrogen and oxygen atoms in total. The standard InChI is InChI=1S/C17H11ClN4S/c18-15-7-5-14(6-8-15)16-11-23-17(21-16)22-20-10-13-3-1-12(9-19)2-4-13/h1-8,10-11H,(H,21,22)/b20-10+. The Morgan fingerprint density at radius 2 is 1.87 bits per heavy atom. The van der Waals surface area contributed by atoms with E-state index in [1.165, 1.54) is 11.3 Å². The van der Waals surface area contributed by atoms with Gasteiger partial charge in [0.25, 0.3) is 0 Å². The maximum Gasteiger partial charge on any atom is 0.203 e. The fourth-order valence-electron chi connectivity index (χ4n) is 1.88. The van der Waals surface area contributed by atoms with Crippen LogP contribution in [0.25, 0.3) is 11.3 Å². The number of hydrogen-bond acceptors (Lipinski definition) is 5. The third-order valence-electron chi connectivity index (χ3n) is 3.06. The zero-order valence-corrected chi connectivity index (χ0v) is 13.5. The molecule has 23 heavy (non-hydrogen) atoms. The van der Waals surface area contributed by atoms with E-state index >= 15 is 0 Å². The first kappa shape index (κ1) is 15.2. The predicted molar refractivity (Wildman–Crippen MR) is 94.9 cm³/mol. The van der Waals surface area contributed by atoms with E-state index in [4.69, 9.17) is 16.9 Å². The molecule has 0 saturated heterocycles. The van der Waals surface area contributed by atoms with Crippen LogP contribution in [0.3, 0.4) is 0 Å². The molecule has 6 heteroatoms. The maximum absolute atomic E-state index is 8.75. The summed E-state index contributed by atoms with van der Waals surface area (Å²) in [6, 6.07) is 16.8. The lowest BCUT2D eigenvalue weighted by atomic mass is 10.2. The summed E-state index contributed by atoms with van der Waals surface area (Å²) < 4.78 is 0. The minimum atomic E-state index is 0.627. The summed E-state index contributed by atoms with van der Waals surface area (Å²) in [5.41, 5.74) is 6.33. The van der Waals surface area contributed by atoms with Gasteiger partial charge < -0.3 is 0 Å². The van der Waals surface area contributed by atoms with Crippen molar-refractivity contribution >= 4 is 34.3 Å². The summed E-state index contributed by atoms with van der Waals surface area (Å²) in [7, 11) is 0. The molecule has 0 amide bonds. The summed E-state index contributed by atoms with van der Waals surface area (Å²) in [5.74, 6) is 0. The summed E-state index contributed by atoms with van der Waals surface area (Å²) in [5, 5.41) is 16.3. The number of hydrogen-bond donors (Lipinski definition) is 1. The zero-order valence-electron chi connectivity index (χ0n) is 11.9. The molecule has 0 unspecified atom stereocenters. The van der Waals surface area contributed by atoms with Crippen molar-refractivity contribution in [3.05, 3.63) is 70.1 Å². The molecule has 0 atom stereocenters. The predicted octanol–water partition coefficient (Wildman–Crippen LogP) is 4.78. The second kappa shape index (κ2) is 7.05. The first-order chi connectivity index (χ1) is 11.2. The van der Waals surface area contributed by atoms with Crippen molar-refractivity contribution in [2.75, 3.05) is 5.43 Å². The van der Waals surface area contributed by atoms with Gasteiger partial charge in [-0.2, -0.15) is 10.4 Å². The number of anilines is 1. The van der Waals surface area contributed by atoms with Crippen molar-refractivity contribution in [3.8, 4) is 17.3 Å². The van der Waals surface area contributed by atoms with Crippen LogP contribution in [-0.4, -0.2) is 11.2 Å². The van der Waals surface area contributed by atoms with Gasteiger partial charge in [0.1, 0.15) is 0 Å². The third-order valence-corrected chi connectivity index (χ3v) is 4.06. The van der Waals surface area contributed by atoms with Crippen LogP contribution in [-0.2, 0) is 0 Å². The Morgan fingerprint density at radius 1 is 1.13 bits per heavy atom. The van der Waals surface area contributed by atoms with Gasteiger partial charge in [0.2, 0.25) is 5.13 Å².